The van der Waals surface area contributed by atoms with E-state index in [1.807, 2.05) is 0 Å². The molecular formula is C13H25N3. The first kappa shape index (κ1) is 13.2. The highest BCUT2D eigenvalue weighted by Gasteiger charge is 2.18. The third kappa shape index (κ3) is 2.64. The first-order chi connectivity index (χ1) is 7.65. The number of hydrogen-bond acceptors (Lipinski definition) is 2. The second kappa shape index (κ2) is 6.04. The number of rotatable bonds is 6. The van der Waals surface area contributed by atoms with Crippen molar-refractivity contribution in [1.82, 2.24) is 15.1 Å². The Labute approximate surface area is 99.2 Å². The summed E-state index contributed by atoms with van der Waals surface area (Å²) < 4.78 is 2.14. The van der Waals surface area contributed by atoms with Crippen LogP contribution in [0.3, 0.4) is 0 Å². The second-order valence-corrected chi connectivity index (χ2v) is 4.33. The van der Waals surface area contributed by atoms with Gasteiger partial charge >= 0.3 is 0 Å². The van der Waals surface area contributed by atoms with Crippen molar-refractivity contribution in [2.45, 2.75) is 60.0 Å². The number of aryl methyl sites for hydroxylation is 2. The fourth-order valence-corrected chi connectivity index (χ4v) is 2.34. The molecule has 0 aromatic carbocycles. The van der Waals surface area contributed by atoms with Gasteiger partial charge in [0.2, 0.25) is 0 Å². The van der Waals surface area contributed by atoms with Crippen LogP contribution in [0.1, 0.15) is 56.6 Å². The van der Waals surface area contributed by atoms with E-state index in [-0.39, 0.29) is 0 Å². The van der Waals surface area contributed by atoms with Crippen molar-refractivity contribution in [2.75, 3.05) is 6.54 Å². The van der Waals surface area contributed by atoms with Crippen LogP contribution in [0.2, 0.25) is 0 Å². The molecule has 0 aliphatic carbocycles. The van der Waals surface area contributed by atoms with Crippen LogP contribution in [-0.2, 0) is 6.54 Å². The third-order valence-corrected chi connectivity index (χ3v) is 3.08. The fourth-order valence-electron chi connectivity index (χ4n) is 2.34. The summed E-state index contributed by atoms with van der Waals surface area (Å²) in [5, 5.41) is 8.16. The lowest BCUT2D eigenvalue weighted by atomic mass is 10.0. The Bertz CT molecular complexity index is 328. The lowest BCUT2D eigenvalue weighted by Gasteiger charge is -2.16. The predicted octanol–water partition coefficient (Wildman–Crippen LogP) is 2.97. The molecule has 1 heterocycles. The molecule has 0 bridgehead atoms. The summed E-state index contributed by atoms with van der Waals surface area (Å²) in [5.41, 5.74) is 3.91. The molecule has 92 valence electrons. The molecule has 0 aliphatic rings. The molecule has 0 saturated carbocycles. The van der Waals surface area contributed by atoms with E-state index in [4.69, 9.17) is 0 Å². The molecule has 0 radical (unpaired) electrons. The Balaban J connectivity index is 3.01. The fraction of sp³-hybridized carbons (Fsp3) is 0.769. The summed E-state index contributed by atoms with van der Waals surface area (Å²) in [6.45, 7) is 12.9. The monoisotopic (exact) mass is 223 g/mol. The molecule has 16 heavy (non-hydrogen) atoms. The average molecular weight is 223 g/mol. The van der Waals surface area contributed by atoms with Gasteiger partial charge in [0.05, 0.1) is 5.69 Å². The highest BCUT2D eigenvalue weighted by Crippen LogP contribution is 2.24. The summed E-state index contributed by atoms with van der Waals surface area (Å²) in [6.07, 6.45) is 2.26. The minimum Gasteiger partial charge on any atom is -0.310 e. The maximum absolute atomic E-state index is 4.63. The van der Waals surface area contributed by atoms with Gasteiger partial charge in [0.25, 0.3) is 0 Å². The zero-order chi connectivity index (χ0) is 12.1. The normalized spacial score (nSPS) is 13.1. The quantitative estimate of drug-likeness (QED) is 0.803. The topological polar surface area (TPSA) is 29.9 Å². The largest absolute Gasteiger partial charge is 0.310 e. The summed E-state index contributed by atoms with van der Waals surface area (Å²) in [7, 11) is 0. The standard InChI is InChI=1S/C13H25N3/c1-6-9-16-11(5)13(10(4)15-16)12(7-2)14-8-3/h12,14H,6-9H2,1-5H3. The van der Waals surface area contributed by atoms with E-state index in [1.165, 1.54) is 17.0 Å². The van der Waals surface area contributed by atoms with Crippen LogP contribution in [0.25, 0.3) is 0 Å². The van der Waals surface area contributed by atoms with Gasteiger partial charge in [-0.1, -0.05) is 20.8 Å². The Morgan fingerprint density at radius 3 is 2.44 bits per heavy atom. The lowest BCUT2D eigenvalue weighted by Crippen LogP contribution is -2.21. The maximum atomic E-state index is 4.63. The molecule has 1 aromatic heterocycles. The molecule has 3 heteroatoms. The van der Waals surface area contributed by atoms with Crippen molar-refractivity contribution < 1.29 is 0 Å². The number of nitrogens with one attached hydrogen (secondary N) is 1. The Hall–Kier alpha value is -0.830. The van der Waals surface area contributed by atoms with Gasteiger partial charge in [-0.15, -0.1) is 0 Å². The van der Waals surface area contributed by atoms with Crippen molar-refractivity contribution >= 4 is 0 Å². The first-order valence-corrected chi connectivity index (χ1v) is 6.42. The minimum absolute atomic E-state index is 0.454. The van der Waals surface area contributed by atoms with Gasteiger partial charge in [0.15, 0.2) is 0 Å². The Morgan fingerprint density at radius 2 is 1.94 bits per heavy atom. The number of hydrogen-bond donors (Lipinski definition) is 1. The SMILES string of the molecule is CCCn1nc(C)c(C(CC)NCC)c1C. The summed E-state index contributed by atoms with van der Waals surface area (Å²) in [6, 6.07) is 0.454. The predicted molar refractivity (Wildman–Crippen MR) is 68.7 cm³/mol. The van der Waals surface area contributed by atoms with Gasteiger partial charge in [-0.2, -0.15) is 5.10 Å². The number of nitrogens with zero attached hydrogens (tertiary/aromatic N) is 2. The average Bonchev–Trinajstić information content (AvgIpc) is 2.53. The highest BCUT2D eigenvalue weighted by atomic mass is 15.3. The number of aromatic nitrogens is 2. The van der Waals surface area contributed by atoms with Crippen LogP contribution < -0.4 is 5.32 Å². The van der Waals surface area contributed by atoms with Gasteiger partial charge in [-0.3, -0.25) is 4.68 Å². The molecule has 0 amide bonds. The third-order valence-electron chi connectivity index (χ3n) is 3.08. The summed E-state index contributed by atoms with van der Waals surface area (Å²) in [4.78, 5) is 0. The van der Waals surface area contributed by atoms with E-state index in [9.17, 15) is 0 Å². The molecule has 1 atom stereocenters. The summed E-state index contributed by atoms with van der Waals surface area (Å²) in [5.74, 6) is 0. The zero-order valence-corrected chi connectivity index (χ0v) is 11.3. The zero-order valence-electron chi connectivity index (χ0n) is 11.3. The van der Waals surface area contributed by atoms with E-state index in [2.05, 4.69) is 49.7 Å². The molecule has 0 aliphatic heterocycles. The molecule has 0 spiro atoms. The van der Waals surface area contributed by atoms with Crippen LogP contribution in [0.15, 0.2) is 0 Å². The molecule has 0 saturated heterocycles. The summed E-state index contributed by atoms with van der Waals surface area (Å²) >= 11 is 0. The van der Waals surface area contributed by atoms with E-state index in [0.29, 0.717) is 6.04 Å². The smallest absolute Gasteiger partial charge is 0.0644 e. The van der Waals surface area contributed by atoms with E-state index < -0.39 is 0 Å². The van der Waals surface area contributed by atoms with Crippen molar-refractivity contribution in [3.8, 4) is 0 Å². The van der Waals surface area contributed by atoms with E-state index >= 15 is 0 Å². The molecule has 1 aromatic rings. The maximum Gasteiger partial charge on any atom is 0.0644 e. The van der Waals surface area contributed by atoms with Crippen LogP contribution in [-0.4, -0.2) is 16.3 Å². The Morgan fingerprint density at radius 1 is 1.25 bits per heavy atom. The van der Waals surface area contributed by atoms with Crippen LogP contribution >= 0.6 is 0 Å². The Kier molecular flexibility index (Phi) is 5.00. The highest BCUT2D eigenvalue weighted by molar-refractivity contribution is 5.28. The molecular weight excluding hydrogens is 198 g/mol. The molecule has 3 nitrogen and oxygen atoms in total. The van der Waals surface area contributed by atoms with E-state index in [1.54, 1.807) is 0 Å². The van der Waals surface area contributed by atoms with Gasteiger partial charge in [-0.25, -0.2) is 0 Å². The molecule has 0 fully saturated rings. The van der Waals surface area contributed by atoms with Crippen molar-refractivity contribution in [1.29, 1.82) is 0 Å². The van der Waals surface area contributed by atoms with Gasteiger partial charge < -0.3 is 5.32 Å². The first-order valence-electron chi connectivity index (χ1n) is 6.42. The van der Waals surface area contributed by atoms with Crippen molar-refractivity contribution in [2.24, 2.45) is 0 Å². The van der Waals surface area contributed by atoms with Crippen LogP contribution in [0, 0.1) is 13.8 Å². The van der Waals surface area contributed by atoms with E-state index in [0.717, 1.165) is 25.9 Å². The lowest BCUT2D eigenvalue weighted by molar-refractivity contribution is 0.528. The van der Waals surface area contributed by atoms with Crippen molar-refractivity contribution in [3.63, 3.8) is 0 Å². The molecule has 1 N–H and O–H groups in total. The van der Waals surface area contributed by atoms with Crippen LogP contribution in [0.5, 0.6) is 0 Å². The van der Waals surface area contributed by atoms with Crippen LogP contribution in [0.4, 0.5) is 0 Å². The van der Waals surface area contributed by atoms with Gasteiger partial charge in [0, 0.05) is 23.8 Å². The van der Waals surface area contributed by atoms with Gasteiger partial charge in [-0.05, 0) is 33.2 Å². The molecule has 1 rings (SSSR count). The minimum atomic E-state index is 0.454. The van der Waals surface area contributed by atoms with Crippen molar-refractivity contribution in [3.05, 3.63) is 17.0 Å². The van der Waals surface area contributed by atoms with Gasteiger partial charge in [0.1, 0.15) is 0 Å². The second-order valence-electron chi connectivity index (χ2n) is 4.33. The molecule has 1 unspecified atom stereocenters.